The normalized spacial score (nSPS) is 38.0. The Labute approximate surface area is 123 Å². The molecule has 4 rings (SSSR count). The second-order valence-corrected chi connectivity index (χ2v) is 8.35. The minimum atomic E-state index is -3.63. The third-order valence-corrected chi connectivity index (χ3v) is 7.30. The molecule has 4 atom stereocenters. The summed E-state index contributed by atoms with van der Waals surface area (Å²) in [4.78, 5) is 0.0268. The molecule has 0 aliphatic heterocycles. The number of anilines is 1. The van der Waals surface area contributed by atoms with E-state index in [1.54, 1.807) is 18.2 Å². The van der Waals surface area contributed by atoms with Crippen LogP contribution in [0.15, 0.2) is 23.1 Å². The molecule has 3 fully saturated rings. The SMILES string of the molecule is Nc1cccc(Cl)c1S(=O)(=O)NC1C2C3CCC(C3)C12. The van der Waals surface area contributed by atoms with Crippen LogP contribution in [0, 0.1) is 23.7 Å². The molecule has 1 aromatic rings. The highest BCUT2D eigenvalue weighted by Gasteiger charge is 2.65. The molecule has 3 aliphatic carbocycles. The summed E-state index contributed by atoms with van der Waals surface area (Å²) in [7, 11) is -3.63. The number of nitrogens with one attached hydrogen (secondary N) is 1. The Bertz CT molecular complexity index is 640. The van der Waals surface area contributed by atoms with E-state index in [1.165, 1.54) is 19.3 Å². The Balaban J connectivity index is 1.60. The molecule has 1 aromatic carbocycles. The molecular formula is C14H17ClN2O2S. The summed E-state index contributed by atoms with van der Waals surface area (Å²) in [6, 6.07) is 4.88. The van der Waals surface area contributed by atoms with Crippen LogP contribution in [0.25, 0.3) is 0 Å². The van der Waals surface area contributed by atoms with E-state index < -0.39 is 10.0 Å². The van der Waals surface area contributed by atoms with Gasteiger partial charge in [0.25, 0.3) is 0 Å². The van der Waals surface area contributed by atoms with Gasteiger partial charge >= 0.3 is 0 Å². The first-order chi connectivity index (χ1) is 9.49. The van der Waals surface area contributed by atoms with Crippen LogP contribution in [-0.4, -0.2) is 14.5 Å². The van der Waals surface area contributed by atoms with Crippen molar-refractivity contribution in [2.45, 2.75) is 30.2 Å². The maximum Gasteiger partial charge on any atom is 0.244 e. The molecule has 108 valence electrons. The lowest BCUT2D eigenvalue weighted by Gasteiger charge is -2.13. The van der Waals surface area contributed by atoms with E-state index in [9.17, 15) is 8.42 Å². The largest absolute Gasteiger partial charge is 0.398 e. The van der Waals surface area contributed by atoms with Gasteiger partial charge in [-0.05, 0) is 55.1 Å². The van der Waals surface area contributed by atoms with Gasteiger partial charge in [0.15, 0.2) is 0 Å². The molecule has 0 heterocycles. The molecule has 20 heavy (non-hydrogen) atoms. The van der Waals surface area contributed by atoms with E-state index in [-0.39, 0.29) is 21.6 Å². The Morgan fingerprint density at radius 1 is 1.20 bits per heavy atom. The van der Waals surface area contributed by atoms with Crippen LogP contribution in [0.5, 0.6) is 0 Å². The number of nitrogens with two attached hydrogens (primary N) is 1. The molecule has 0 saturated heterocycles. The van der Waals surface area contributed by atoms with Gasteiger partial charge in [-0.15, -0.1) is 0 Å². The van der Waals surface area contributed by atoms with Crippen LogP contribution < -0.4 is 10.5 Å². The quantitative estimate of drug-likeness (QED) is 0.841. The standard InChI is InChI=1S/C14H17ClN2O2S/c15-9-2-1-3-10(16)14(9)20(18,19)17-13-11-7-4-5-8(6-7)12(11)13/h1-3,7-8,11-13,17H,4-6,16H2. The summed E-state index contributed by atoms with van der Waals surface area (Å²) in [5.74, 6) is 2.54. The van der Waals surface area contributed by atoms with Crippen LogP contribution in [-0.2, 0) is 10.0 Å². The van der Waals surface area contributed by atoms with Crippen molar-refractivity contribution >= 4 is 27.3 Å². The van der Waals surface area contributed by atoms with Gasteiger partial charge in [0, 0.05) is 6.04 Å². The van der Waals surface area contributed by atoms with Crippen molar-refractivity contribution in [2.75, 3.05) is 5.73 Å². The third kappa shape index (κ3) is 1.73. The Kier molecular flexibility index (Phi) is 2.66. The van der Waals surface area contributed by atoms with E-state index in [0.717, 1.165) is 11.8 Å². The number of sulfonamides is 1. The molecule has 4 unspecified atom stereocenters. The maximum atomic E-state index is 12.5. The van der Waals surface area contributed by atoms with E-state index >= 15 is 0 Å². The topological polar surface area (TPSA) is 72.2 Å². The lowest BCUT2D eigenvalue weighted by atomic mass is 10.0. The van der Waals surface area contributed by atoms with Gasteiger partial charge in [-0.3, -0.25) is 0 Å². The molecule has 0 aromatic heterocycles. The first-order valence-corrected chi connectivity index (χ1v) is 8.91. The monoisotopic (exact) mass is 312 g/mol. The molecule has 3 N–H and O–H groups in total. The van der Waals surface area contributed by atoms with Crippen LogP contribution in [0.1, 0.15) is 19.3 Å². The fourth-order valence-electron chi connectivity index (χ4n) is 4.53. The smallest absolute Gasteiger partial charge is 0.244 e. The second kappa shape index (κ2) is 4.12. The number of nitrogen functional groups attached to an aromatic ring is 1. The maximum absolute atomic E-state index is 12.5. The average molecular weight is 313 g/mol. The van der Waals surface area contributed by atoms with Crippen molar-refractivity contribution < 1.29 is 8.42 Å². The van der Waals surface area contributed by atoms with Gasteiger partial charge in [-0.2, -0.15) is 0 Å². The minimum absolute atomic E-state index is 0.0268. The van der Waals surface area contributed by atoms with Gasteiger partial charge in [-0.1, -0.05) is 17.7 Å². The number of rotatable bonds is 3. The summed E-state index contributed by atoms with van der Waals surface area (Å²) < 4.78 is 27.9. The molecular weight excluding hydrogens is 296 g/mol. The number of fused-ring (bicyclic) bond motifs is 5. The van der Waals surface area contributed by atoms with Crippen LogP contribution in [0.2, 0.25) is 5.02 Å². The lowest BCUT2D eigenvalue weighted by Crippen LogP contribution is -2.30. The van der Waals surface area contributed by atoms with Crippen LogP contribution in [0.4, 0.5) is 5.69 Å². The van der Waals surface area contributed by atoms with Crippen molar-refractivity contribution in [1.29, 1.82) is 0 Å². The Morgan fingerprint density at radius 2 is 1.85 bits per heavy atom. The number of hydrogen-bond donors (Lipinski definition) is 2. The predicted molar refractivity (Wildman–Crippen MR) is 77.8 cm³/mol. The average Bonchev–Trinajstić information content (AvgIpc) is 2.78. The summed E-state index contributed by atoms with van der Waals surface area (Å²) >= 11 is 6.01. The molecule has 0 spiro atoms. The van der Waals surface area contributed by atoms with E-state index in [2.05, 4.69) is 4.72 Å². The second-order valence-electron chi connectivity index (χ2n) is 6.29. The minimum Gasteiger partial charge on any atom is -0.398 e. The Morgan fingerprint density at radius 3 is 2.45 bits per heavy atom. The van der Waals surface area contributed by atoms with Crippen LogP contribution in [0.3, 0.4) is 0 Å². The van der Waals surface area contributed by atoms with Crippen LogP contribution >= 0.6 is 11.6 Å². The Hall–Kier alpha value is -0.780. The van der Waals surface area contributed by atoms with Gasteiger partial charge in [-0.25, -0.2) is 13.1 Å². The fraction of sp³-hybridized carbons (Fsp3) is 0.571. The molecule has 3 saturated carbocycles. The third-order valence-electron chi connectivity index (χ3n) is 5.29. The number of benzene rings is 1. The molecule has 2 bridgehead atoms. The molecule has 0 amide bonds. The zero-order chi connectivity index (χ0) is 14.1. The highest BCUT2D eigenvalue weighted by molar-refractivity contribution is 7.89. The van der Waals surface area contributed by atoms with E-state index in [1.807, 2.05) is 0 Å². The van der Waals surface area contributed by atoms with Crippen molar-refractivity contribution in [3.8, 4) is 0 Å². The predicted octanol–water partition coefficient (Wildman–Crippen LogP) is 2.25. The molecule has 6 heteroatoms. The molecule has 4 nitrogen and oxygen atoms in total. The fourth-order valence-corrected chi connectivity index (χ4v) is 6.51. The summed E-state index contributed by atoms with van der Waals surface area (Å²) in [5, 5.41) is 0.186. The van der Waals surface area contributed by atoms with E-state index in [4.69, 9.17) is 17.3 Å². The van der Waals surface area contributed by atoms with Crippen molar-refractivity contribution in [3.63, 3.8) is 0 Å². The first-order valence-electron chi connectivity index (χ1n) is 7.05. The molecule has 0 radical (unpaired) electrons. The summed E-state index contributed by atoms with van der Waals surface area (Å²) in [6.07, 6.45) is 3.82. The highest BCUT2D eigenvalue weighted by Crippen LogP contribution is 2.65. The lowest BCUT2D eigenvalue weighted by molar-refractivity contribution is 0.456. The summed E-state index contributed by atoms with van der Waals surface area (Å²) in [5.41, 5.74) is 5.99. The number of halogens is 1. The van der Waals surface area contributed by atoms with Crippen molar-refractivity contribution in [1.82, 2.24) is 4.72 Å². The summed E-state index contributed by atoms with van der Waals surface area (Å²) in [6.45, 7) is 0. The van der Waals surface area contributed by atoms with Gasteiger partial charge in [0.2, 0.25) is 10.0 Å². The first kappa shape index (κ1) is 12.9. The zero-order valence-electron chi connectivity index (χ0n) is 10.9. The molecule has 3 aliphatic rings. The van der Waals surface area contributed by atoms with E-state index in [0.29, 0.717) is 11.8 Å². The highest BCUT2D eigenvalue weighted by atomic mass is 35.5. The zero-order valence-corrected chi connectivity index (χ0v) is 12.5. The van der Waals surface area contributed by atoms with Gasteiger partial charge in [0.05, 0.1) is 10.7 Å². The number of hydrogen-bond acceptors (Lipinski definition) is 3. The van der Waals surface area contributed by atoms with Crippen molar-refractivity contribution in [3.05, 3.63) is 23.2 Å². The van der Waals surface area contributed by atoms with Gasteiger partial charge in [0.1, 0.15) is 4.90 Å². The van der Waals surface area contributed by atoms with Crippen molar-refractivity contribution in [2.24, 2.45) is 23.7 Å². The van der Waals surface area contributed by atoms with Gasteiger partial charge < -0.3 is 5.73 Å².